The number of rotatable bonds is 3. The molecule has 0 aromatic heterocycles. The predicted molar refractivity (Wildman–Crippen MR) is 144 cm³/mol. The molecule has 2 aliphatic heterocycles. The average molecular weight is 502 g/mol. The normalized spacial score (nSPS) is 32.2. The van der Waals surface area contributed by atoms with Crippen LogP contribution in [0.4, 0.5) is 10.5 Å². The average Bonchev–Trinajstić information content (AvgIpc) is 3.33. The monoisotopic (exact) mass is 501 g/mol. The molecule has 2 heterocycles. The molecule has 37 heavy (non-hydrogen) atoms. The Hall–Kier alpha value is -3.02. The molecule has 2 aromatic carbocycles. The number of benzene rings is 2. The Labute approximate surface area is 220 Å². The number of carbonyl (C=O) groups excluding carboxylic acids is 2. The lowest BCUT2D eigenvalue weighted by Crippen LogP contribution is -2.59. The third kappa shape index (κ3) is 4.49. The van der Waals surface area contributed by atoms with Crippen LogP contribution in [0.2, 0.25) is 0 Å². The van der Waals surface area contributed by atoms with Crippen molar-refractivity contribution in [3.63, 3.8) is 0 Å². The van der Waals surface area contributed by atoms with Crippen molar-refractivity contribution in [2.75, 3.05) is 11.9 Å². The lowest BCUT2D eigenvalue weighted by atomic mass is 9.61. The Kier molecular flexibility index (Phi) is 6.16. The first-order valence-electron chi connectivity index (χ1n) is 14.0. The smallest absolute Gasteiger partial charge is 0.407 e. The van der Waals surface area contributed by atoms with Gasteiger partial charge < -0.3 is 20.3 Å². The summed E-state index contributed by atoms with van der Waals surface area (Å²) in [6.45, 7) is 6.39. The fourth-order valence-corrected chi connectivity index (χ4v) is 7.61. The maximum Gasteiger partial charge on any atom is 0.407 e. The zero-order chi connectivity index (χ0) is 25.7. The highest BCUT2D eigenvalue weighted by molar-refractivity contribution is 5.83. The molecular weight excluding hydrogens is 462 g/mol. The molecule has 2 aromatic rings. The number of anilines is 1. The summed E-state index contributed by atoms with van der Waals surface area (Å²) in [6, 6.07) is 19.1. The lowest BCUT2D eigenvalue weighted by molar-refractivity contribution is -0.144. The van der Waals surface area contributed by atoms with E-state index in [1.165, 1.54) is 11.1 Å². The molecule has 2 amide bonds. The standard InChI is InChI=1S/C31H39N3O3/c1-31(2,3)37-30(36)33-27-21-15-13-19(14-16-21)25(27)29(35)34-18-17-23-26(20-9-5-4-6-10-20)32-24-12-8-7-11-22(24)28(23)34/h4-12,19,21,23,25-28,32H,13-18H2,1-3H3,(H,33,36)/t19?,21?,23-,25+,26+,27?,28+/m1/s1. The van der Waals surface area contributed by atoms with E-state index in [4.69, 9.17) is 4.74 Å². The van der Waals surface area contributed by atoms with Crippen LogP contribution in [0.15, 0.2) is 54.6 Å². The van der Waals surface area contributed by atoms with Crippen LogP contribution in [0, 0.1) is 23.7 Å². The van der Waals surface area contributed by atoms with Gasteiger partial charge in [-0.2, -0.15) is 0 Å². The number of amides is 2. The number of likely N-dealkylation sites (tertiary alicyclic amines) is 1. The highest BCUT2D eigenvalue weighted by atomic mass is 16.6. The number of carbonyl (C=O) groups is 2. The Morgan fingerprint density at radius 1 is 0.919 bits per heavy atom. The molecule has 1 saturated heterocycles. The van der Waals surface area contributed by atoms with Crippen LogP contribution in [0.3, 0.4) is 0 Å². The van der Waals surface area contributed by atoms with E-state index in [0.29, 0.717) is 17.8 Å². The zero-order valence-electron chi connectivity index (χ0n) is 22.2. The molecule has 4 fully saturated rings. The maximum absolute atomic E-state index is 14.5. The van der Waals surface area contributed by atoms with Gasteiger partial charge in [0.1, 0.15) is 5.60 Å². The summed E-state index contributed by atoms with van der Waals surface area (Å²) in [5, 5.41) is 6.96. The largest absolute Gasteiger partial charge is 0.444 e. The molecule has 7 rings (SSSR count). The number of fused-ring (bicyclic) bond motifs is 6. The van der Waals surface area contributed by atoms with E-state index < -0.39 is 11.7 Å². The molecule has 2 bridgehead atoms. The van der Waals surface area contributed by atoms with Crippen molar-refractivity contribution in [3.8, 4) is 0 Å². The van der Waals surface area contributed by atoms with Crippen molar-refractivity contribution in [3.05, 3.63) is 65.7 Å². The molecule has 0 spiro atoms. The van der Waals surface area contributed by atoms with Crippen molar-refractivity contribution < 1.29 is 14.3 Å². The van der Waals surface area contributed by atoms with E-state index >= 15 is 0 Å². The van der Waals surface area contributed by atoms with E-state index in [9.17, 15) is 9.59 Å². The molecular formula is C31H39N3O3. The lowest BCUT2D eigenvalue weighted by Gasteiger charge is -2.49. The van der Waals surface area contributed by atoms with Gasteiger partial charge in [0.15, 0.2) is 0 Å². The Morgan fingerprint density at radius 3 is 2.32 bits per heavy atom. The fraction of sp³-hybridized carbons (Fsp3) is 0.548. The van der Waals surface area contributed by atoms with Crippen molar-refractivity contribution >= 4 is 17.7 Å². The van der Waals surface area contributed by atoms with Gasteiger partial charge in [-0.3, -0.25) is 4.79 Å². The highest BCUT2D eigenvalue weighted by Crippen LogP contribution is 2.53. The van der Waals surface area contributed by atoms with Gasteiger partial charge in [0.05, 0.1) is 18.0 Å². The van der Waals surface area contributed by atoms with Crippen molar-refractivity contribution in [2.24, 2.45) is 23.7 Å². The van der Waals surface area contributed by atoms with Gasteiger partial charge in [-0.1, -0.05) is 48.5 Å². The number of alkyl carbamates (subject to hydrolysis) is 1. The number of nitrogens with zero attached hydrogens (tertiary/aromatic N) is 1. The summed E-state index contributed by atoms with van der Waals surface area (Å²) in [4.78, 5) is 29.5. The second-order valence-corrected chi connectivity index (χ2v) is 12.4. The van der Waals surface area contributed by atoms with Gasteiger partial charge in [0.2, 0.25) is 5.91 Å². The molecule has 3 aliphatic carbocycles. The number of para-hydroxylation sites is 1. The summed E-state index contributed by atoms with van der Waals surface area (Å²) in [5.41, 5.74) is 3.03. The van der Waals surface area contributed by atoms with Crippen molar-refractivity contribution in [1.82, 2.24) is 10.2 Å². The Balaban J connectivity index is 1.31. The molecule has 1 unspecified atom stereocenters. The third-order valence-electron chi connectivity index (χ3n) is 9.09. The number of nitrogens with one attached hydrogen (secondary N) is 2. The maximum atomic E-state index is 14.5. The SMILES string of the molecule is CC(C)(C)OC(=O)NC1C2CCC(CC2)[C@@H]1C(=O)N1CC[C@@H]2[C@H](c3ccccc3)Nc3ccccc3[C@@H]21. The molecule has 5 aliphatic rings. The van der Waals surface area contributed by atoms with Crippen LogP contribution in [-0.4, -0.2) is 35.1 Å². The molecule has 2 N–H and O–H groups in total. The quantitative estimate of drug-likeness (QED) is 0.535. The minimum Gasteiger partial charge on any atom is -0.444 e. The summed E-state index contributed by atoms with van der Waals surface area (Å²) >= 11 is 0. The van der Waals surface area contributed by atoms with Gasteiger partial charge in [-0.25, -0.2) is 4.79 Å². The minimum atomic E-state index is -0.565. The molecule has 5 atom stereocenters. The van der Waals surface area contributed by atoms with Gasteiger partial charge >= 0.3 is 6.09 Å². The van der Waals surface area contributed by atoms with E-state index in [-0.39, 0.29) is 30.0 Å². The highest BCUT2D eigenvalue weighted by Gasteiger charge is 2.53. The van der Waals surface area contributed by atoms with E-state index in [0.717, 1.165) is 44.3 Å². The van der Waals surface area contributed by atoms with E-state index in [1.807, 2.05) is 20.8 Å². The van der Waals surface area contributed by atoms with Crippen LogP contribution < -0.4 is 10.6 Å². The van der Waals surface area contributed by atoms with Crippen molar-refractivity contribution in [1.29, 1.82) is 0 Å². The van der Waals surface area contributed by atoms with Crippen LogP contribution >= 0.6 is 0 Å². The van der Waals surface area contributed by atoms with Crippen LogP contribution in [-0.2, 0) is 9.53 Å². The van der Waals surface area contributed by atoms with Crippen LogP contribution in [0.25, 0.3) is 0 Å². The predicted octanol–water partition coefficient (Wildman–Crippen LogP) is 6.07. The van der Waals surface area contributed by atoms with Crippen LogP contribution in [0.1, 0.15) is 76.1 Å². The second-order valence-electron chi connectivity index (χ2n) is 12.4. The van der Waals surface area contributed by atoms with Gasteiger partial charge in [0.25, 0.3) is 0 Å². The summed E-state index contributed by atoms with van der Waals surface area (Å²) in [7, 11) is 0. The van der Waals surface area contributed by atoms with E-state index in [2.05, 4.69) is 70.1 Å². The fourth-order valence-electron chi connectivity index (χ4n) is 7.61. The first-order chi connectivity index (χ1) is 17.8. The second kappa shape index (κ2) is 9.38. The first-order valence-corrected chi connectivity index (χ1v) is 14.0. The Bertz CT molecular complexity index is 1150. The van der Waals surface area contributed by atoms with Crippen molar-refractivity contribution in [2.45, 2.75) is 76.6 Å². The zero-order valence-corrected chi connectivity index (χ0v) is 22.2. The van der Waals surface area contributed by atoms with Gasteiger partial charge in [0, 0.05) is 24.2 Å². The number of hydrogen-bond acceptors (Lipinski definition) is 4. The summed E-state index contributed by atoms with van der Waals surface area (Å²) in [5.74, 6) is 0.988. The molecule has 3 saturated carbocycles. The van der Waals surface area contributed by atoms with Gasteiger partial charge in [-0.05, 0) is 81.9 Å². The first kappa shape index (κ1) is 24.3. The number of hydrogen-bond donors (Lipinski definition) is 2. The topological polar surface area (TPSA) is 70.7 Å². The number of ether oxygens (including phenoxy) is 1. The molecule has 6 heteroatoms. The molecule has 6 nitrogen and oxygen atoms in total. The summed E-state index contributed by atoms with van der Waals surface area (Å²) in [6.07, 6.45) is 4.84. The minimum absolute atomic E-state index is 0.0396. The van der Waals surface area contributed by atoms with E-state index in [1.54, 1.807) is 0 Å². The molecule has 196 valence electrons. The molecule has 0 radical (unpaired) electrons. The van der Waals surface area contributed by atoms with Gasteiger partial charge in [-0.15, -0.1) is 0 Å². The third-order valence-corrected chi connectivity index (χ3v) is 9.09. The Morgan fingerprint density at radius 2 is 1.59 bits per heavy atom. The van der Waals surface area contributed by atoms with Crippen LogP contribution in [0.5, 0.6) is 0 Å². The summed E-state index contributed by atoms with van der Waals surface area (Å²) < 4.78 is 5.61.